The highest BCUT2D eigenvalue weighted by Crippen LogP contribution is 2.33. The minimum Gasteiger partial charge on any atom is -0.404 e. The normalized spacial score (nSPS) is 15.6. The van der Waals surface area contributed by atoms with Gasteiger partial charge in [0.05, 0.1) is 0 Å². The van der Waals surface area contributed by atoms with Gasteiger partial charge in [-0.2, -0.15) is 0 Å². The van der Waals surface area contributed by atoms with Gasteiger partial charge in [-0.15, -0.1) is 0 Å². The first-order chi connectivity index (χ1) is 6.97. The molecule has 0 radical (unpaired) electrons. The molecule has 0 fully saturated rings. The van der Waals surface area contributed by atoms with Gasteiger partial charge in [0.1, 0.15) is 0 Å². The second-order valence-electron chi connectivity index (χ2n) is 3.56. The standard InChI is InChI=1S/C12H19F2N/c1-4-6-8-10(9-15)11(7-5-2)12(3,13)14/h4,6,8-9,11H,1,5,7,15H2,2-3H3/b8-6-,10-9+. The molecule has 0 saturated carbocycles. The molecular formula is C12H19F2N. The third-order valence-corrected chi connectivity index (χ3v) is 2.21. The lowest BCUT2D eigenvalue weighted by Gasteiger charge is -2.24. The van der Waals surface area contributed by atoms with Crippen molar-refractivity contribution in [3.05, 3.63) is 36.6 Å². The van der Waals surface area contributed by atoms with Crippen molar-refractivity contribution in [1.82, 2.24) is 0 Å². The molecule has 86 valence electrons. The summed E-state index contributed by atoms with van der Waals surface area (Å²) < 4.78 is 26.6. The first-order valence-corrected chi connectivity index (χ1v) is 5.06. The Kier molecular flexibility index (Phi) is 5.90. The van der Waals surface area contributed by atoms with Crippen LogP contribution in [0, 0.1) is 5.92 Å². The highest BCUT2D eigenvalue weighted by atomic mass is 19.3. The van der Waals surface area contributed by atoms with Crippen molar-refractivity contribution in [2.75, 3.05) is 0 Å². The molecule has 0 heterocycles. The van der Waals surface area contributed by atoms with Gasteiger partial charge >= 0.3 is 0 Å². The fourth-order valence-electron chi connectivity index (χ4n) is 1.47. The third-order valence-electron chi connectivity index (χ3n) is 2.21. The van der Waals surface area contributed by atoms with Crippen molar-refractivity contribution in [2.45, 2.75) is 32.6 Å². The lowest BCUT2D eigenvalue weighted by Crippen LogP contribution is -2.26. The second-order valence-corrected chi connectivity index (χ2v) is 3.56. The van der Waals surface area contributed by atoms with Crippen LogP contribution in [-0.2, 0) is 0 Å². The van der Waals surface area contributed by atoms with Crippen LogP contribution in [0.15, 0.2) is 36.6 Å². The molecule has 0 amide bonds. The number of halogens is 2. The number of allylic oxidation sites excluding steroid dienone is 4. The van der Waals surface area contributed by atoms with E-state index < -0.39 is 11.8 Å². The molecule has 0 saturated heterocycles. The smallest absolute Gasteiger partial charge is 0.252 e. The summed E-state index contributed by atoms with van der Waals surface area (Å²) in [5, 5.41) is 0. The molecule has 0 spiro atoms. The Morgan fingerprint density at radius 3 is 2.47 bits per heavy atom. The zero-order valence-corrected chi connectivity index (χ0v) is 9.34. The van der Waals surface area contributed by atoms with Crippen LogP contribution in [0.5, 0.6) is 0 Å². The Hall–Kier alpha value is -1.12. The fourth-order valence-corrected chi connectivity index (χ4v) is 1.47. The van der Waals surface area contributed by atoms with Crippen molar-refractivity contribution in [2.24, 2.45) is 11.7 Å². The van der Waals surface area contributed by atoms with Crippen LogP contribution in [0.25, 0.3) is 0 Å². The third kappa shape index (κ3) is 4.77. The van der Waals surface area contributed by atoms with Gasteiger partial charge in [0.15, 0.2) is 0 Å². The molecule has 15 heavy (non-hydrogen) atoms. The Labute approximate surface area is 90.4 Å². The Morgan fingerprint density at radius 1 is 1.53 bits per heavy atom. The van der Waals surface area contributed by atoms with E-state index in [0.29, 0.717) is 18.4 Å². The summed E-state index contributed by atoms with van der Waals surface area (Å²) in [4.78, 5) is 0. The maximum absolute atomic E-state index is 13.3. The lowest BCUT2D eigenvalue weighted by atomic mass is 9.89. The van der Waals surface area contributed by atoms with Crippen molar-refractivity contribution < 1.29 is 8.78 Å². The van der Waals surface area contributed by atoms with Gasteiger partial charge in [0.2, 0.25) is 0 Å². The molecule has 3 heteroatoms. The Morgan fingerprint density at radius 2 is 2.13 bits per heavy atom. The molecule has 0 bridgehead atoms. The van der Waals surface area contributed by atoms with E-state index in [1.807, 2.05) is 6.92 Å². The van der Waals surface area contributed by atoms with Crippen LogP contribution in [0.1, 0.15) is 26.7 Å². The number of rotatable bonds is 6. The Balaban J connectivity index is 4.87. The molecule has 0 aliphatic carbocycles. The van der Waals surface area contributed by atoms with Gasteiger partial charge in [-0.05, 0) is 25.1 Å². The summed E-state index contributed by atoms with van der Waals surface area (Å²) >= 11 is 0. The van der Waals surface area contributed by atoms with E-state index in [1.54, 1.807) is 18.2 Å². The van der Waals surface area contributed by atoms with Crippen LogP contribution >= 0.6 is 0 Å². The first-order valence-electron chi connectivity index (χ1n) is 5.06. The quantitative estimate of drug-likeness (QED) is 0.672. The summed E-state index contributed by atoms with van der Waals surface area (Å²) in [6.45, 7) is 6.30. The number of hydrogen-bond acceptors (Lipinski definition) is 1. The largest absolute Gasteiger partial charge is 0.404 e. The molecule has 0 rings (SSSR count). The van der Waals surface area contributed by atoms with E-state index in [-0.39, 0.29) is 0 Å². The molecule has 0 aromatic heterocycles. The van der Waals surface area contributed by atoms with Gasteiger partial charge < -0.3 is 5.73 Å². The van der Waals surface area contributed by atoms with Gasteiger partial charge in [0, 0.05) is 5.92 Å². The molecule has 2 N–H and O–H groups in total. The Bertz CT molecular complexity index is 249. The topological polar surface area (TPSA) is 26.0 Å². The van der Waals surface area contributed by atoms with Crippen LogP contribution in [0.3, 0.4) is 0 Å². The fraction of sp³-hybridized carbons (Fsp3) is 0.500. The zero-order valence-electron chi connectivity index (χ0n) is 9.34. The van der Waals surface area contributed by atoms with Crippen LogP contribution < -0.4 is 5.73 Å². The zero-order chi connectivity index (χ0) is 11.9. The maximum atomic E-state index is 13.3. The first kappa shape index (κ1) is 13.9. The van der Waals surface area contributed by atoms with Crippen LogP contribution in [0.4, 0.5) is 8.78 Å². The number of nitrogens with two attached hydrogens (primary N) is 1. The van der Waals surface area contributed by atoms with Gasteiger partial charge in [-0.3, -0.25) is 0 Å². The second kappa shape index (κ2) is 6.38. The minimum absolute atomic E-state index is 0.425. The molecule has 0 aliphatic rings. The molecule has 0 aromatic carbocycles. The lowest BCUT2D eigenvalue weighted by molar-refractivity contribution is -0.0270. The van der Waals surface area contributed by atoms with E-state index in [0.717, 1.165) is 6.92 Å². The average Bonchev–Trinajstić information content (AvgIpc) is 2.15. The minimum atomic E-state index is -2.74. The SMILES string of the molecule is C=C/C=C\C(=C/N)C(CCC)C(C)(F)F. The molecule has 0 aromatic rings. The summed E-state index contributed by atoms with van der Waals surface area (Å²) in [5.74, 6) is -3.56. The summed E-state index contributed by atoms with van der Waals surface area (Å²) in [7, 11) is 0. The number of alkyl halides is 2. The van der Waals surface area contributed by atoms with Crippen LogP contribution in [-0.4, -0.2) is 5.92 Å². The summed E-state index contributed by atoms with van der Waals surface area (Å²) in [6, 6.07) is 0. The van der Waals surface area contributed by atoms with Crippen molar-refractivity contribution in [3.63, 3.8) is 0 Å². The van der Waals surface area contributed by atoms with E-state index in [1.165, 1.54) is 6.20 Å². The molecule has 1 atom stereocenters. The van der Waals surface area contributed by atoms with E-state index in [9.17, 15) is 8.78 Å². The van der Waals surface area contributed by atoms with Crippen molar-refractivity contribution >= 4 is 0 Å². The van der Waals surface area contributed by atoms with E-state index >= 15 is 0 Å². The molecule has 1 nitrogen and oxygen atoms in total. The highest BCUT2D eigenvalue weighted by molar-refractivity contribution is 5.25. The molecule has 0 aliphatic heterocycles. The van der Waals surface area contributed by atoms with Gasteiger partial charge in [0.25, 0.3) is 5.92 Å². The molecular weight excluding hydrogens is 196 g/mol. The van der Waals surface area contributed by atoms with E-state index in [2.05, 4.69) is 6.58 Å². The predicted octanol–water partition coefficient (Wildman–Crippen LogP) is 3.64. The van der Waals surface area contributed by atoms with Gasteiger partial charge in [-0.1, -0.05) is 38.2 Å². The predicted molar refractivity (Wildman–Crippen MR) is 60.6 cm³/mol. The monoisotopic (exact) mass is 215 g/mol. The average molecular weight is 215 g/mol. The summed E-state index contributed by atoms with van der Waals surface area (Å²) in [5.41, 5.74) is 5.82. The summed E-state index contributed by atoms with van der Waals surface area (Å²) in [6.07, 6.45) is 7.12. The number of hydrogen-bond donors (Lipinski definition) is 1. The van der Waals surface area contributed by atoms with Crippen molar-refractivity contribution in [1.29, 1.82) is 0 Å². The van der Waals surface area contributed by atoms with Crippen molar-refractivity contribution in [3.8, 4) is 0 Å². The maximum Gasteiger partial charge on any atom is 0.252 e. The van der Waals surface area contributed by atoms with E-state index in [4.69, 9.17) is 5.73 Å². The molecule has 1 unspecified atom stereocenters. The highest BCUT2D eigenvalue weighted by Gasteiger charge is 2.34. The van der Waals surface area contributed by atoms with Crippen LogP contribution in [0.2, 0.25) is 0 Å². The van der Waals surface area contributed by atoms with Gasteiger partial charge in [-0.25, -0.2) is 8.78 Å².